The number of hydrogen-bond donors (Lipinski definition) is 2. The smallest absolute Gasteiger partial charge is 0.320 e. The van der Waals surface area contributed by atoms with Crippen LogP contribution in [0.4, 0.5) is 10.6 Å². The van der Waals surface area contributed by atoms with Gasteiger partial charge in [0.2, 0.25) is 0 Å². The van der Waals surface area contributed by atoms with Crippen molar-refractivity contribution in [2.45, 2.75) is 45.3 Å². The van der Waals surface area contributed by atoms with Crippen molar-refractivity contribution >= 4 is 40.9 Å². The lowest BCUT2D eigenvalue weighted by molar-refractivity contribution is -0.133. The van der Waals surface area contributed by atoms with E-state index in [1.807, 2.05) is 19.1 Å². The Morgan fingerprint density at radius 1 is 1.23 bits per heavy atom. The third-order valence-electron chi connectivity index (χ3n) is 5.55. The van der Waals surface area contributed by atoms with Crippen molar-refractivity contribution in [1.29, 1.82) is 0 Å². The summed E-state index contributed by atoms with van der Waals surface area (Å²) >= 11 is 5.97. The first-order chi connectivity index (χ1) is 14.8. The Bertz CT molecular complexity index is 1100. The van der Waals surface area contributed by atoms with Gasteiger partial charge in [-0.3, -0.25) is 19.7 Å². The van der Waals surface area contributed by atoms with E-state index in [1.165, 1.54) is 0 Å². The summed E-state index contributed by atoms with van der Waals surface area (Å²) in [7, 11) is 0. The van der Waals surface area contributed by atoms with Crippen molar-refractivity contribution in [2.75, 3.05) is 5.32 Å². The molecule has 160 valence electrons. The number of aromatic nitrogens is 1. The highest BCUT2D eigenvalue weighted by Gasteiger charge is 2.38. The molecule has 3 amide bonds. The van der Waals surface area contributed by atoms with Gasteiger partial charge in [-0.15, -0.1) is 0 Å². The van der Waals surface area contributed by atoms with Gasteiger partial charge in [-0.1, -0.05) is 29.8 Å². The lowest BCUT2D eigenvalue weighted by Gasteiger charge is -2.29. The number of carbonyl (C=O) groups is 4. The quantitative estimate of drug-likeness (QED) is 0.561. The molecule has 0 saturated heterocycles. The zero-order chi connectivity index (χ0) is 22.1. The molecule has 1 unspecified atom stereocenters. The molecule has 0 bridgehead atoms. The van der Waals surface area contributed by atoms with Gasteiger partial charge in [0.05, 0.1) is 12.5 Å². The minimum absolute atomic E-state index is 0.0693. The fraction of sp³-hybridized carbons (Fsp3) is 0.318. The number of Topliss-reactive ketones (excluding diaryl/α,β-unsaturated/α-hetero) is 2. The van der Waals surface area contributed by atoms with Crippen molar-refractivity contribution in [3.63, 3.8) is 0 Å². The number of carbonyl (C=O) groups excluding carboxylic acids is 4. The minimum atomic E-state index is -0.543. The Labute approximate surface area is 184 Å². The Kier molecular flexibility index (Phi) is 5.73. The van der Waals surface area contributed by atoms with E-state index in [1.54, 1.807) is 23.1 Å². The summed E-state index contributed by atoms with van der Waals surface area (Å²) < 4.78 is 0. The van der Waals surface area contributed by atoms with Gasteiger partial charge in [0.25, 0.3) is 5.91 Å². The topological polar surface area (TPSA) is 108 Å². The summed E-state index contributed by atoms with van der Waals surface area (Å²) in [5.41, 5.74) is 2.92. The first-order valence-corrected chi connectivity index (χ1v) is 10.3. The van der Waals surface area contributed by atoms with E-state index >= 15 is 0 Å². The van der Waals surface area contributed by atoms with Crippen LogP contribution in [0.2, 0.25) is 5.15 Å². The van der Waals surface area contributed by atoms with Crippen LogP contribution in [-0.4, -0.2) is 39.4 Å². The molecule has 1 atom stereocenters. The number of nitrogens with zero attached hydrogens (tertiary/aromatic N) is 2. The molecular weight excluding hydrogens is 420 g/mol. The number of pyridine rings is 1. The predicted octanol–water partition coefficient (Wildman–Crippen LogP) is 3.01. The van der Waals surface area contributed by atoms with Crippen LogP contribution in [0.1, 0.15) is 46.3 Å². The number of benzene rings is 1. The average molecular weight is 441 g/mol. The normalized spacial score (nSPS) is 18.2. The van der Waals surface area contributed by atoms with Crippen LogP contribution in [0.3, 0.4) is 0 Å². The Morgan fingerprint density at radius 3 is 2.77 bits per heavy atom. The fourth-order valence-corrected chi connectivity index (χ4v) is 3.99. The van der Waals surface area contributed by atoms with Crippen LogP contribution in [0.5, 0.6) is 0 Å². The van der Waals surface area contributed by atoms with Gasteiger partial charge in [-0.25, -0.2) is 9.78 Å². The van der Waals surface area contributed by atoms with E-state index in [-0.39, 0.29) is 30.4 Å². The molecule has 1 aromatic heterocycles. The molecule has 1 aliphatic heterocycles. The summed E-state index contributed by atoms with van der Waals surface area (Å²) in [5, 5.41) is 5.66. The highest BCUT2D eigenvalue weighted by molar-refractivity contribution is 6.30. The van der Waals surface area contributed by atoms with Gasteiger partial charge in [-0.05, 0) is 42.2 Å². The second kappa shape index (κ2) is 8.47. The molecule has 2 heterocycles. The molecule has 1 saturated carbocycles. The molecule has 2 N–H and O–H groups in total. The average Bonchev–Trinajstić information content (AvgIpc) is 3.05. The van der Waals surface area contributed by atoms with Crippen molar-refractivity contribution < 1.29 is 19.2 Å². The third-order valence-corrected chi connectivity index (χ3v) is 5.93. The first kappa shape index (κ1) is 21.0. The molecule has 2 aliphatic rings. The minimum Gasteiger partial charge on any atom is -0.334 e. The highest BCUT2D eigenvalue weighted by Crippen LogP contribution is 2.29. The standard InChI is InChI=1S/C22H21ClN4O4/c1-12-2-7-19(25-20(12)23)26-22(31)24-10-13-3-4-14-11-27(21(30)16(14)8-13)17-6-5-15(28)9-18(17)29/h2-4,7-8,17H,5-6,9-11H2,1H3,(H2,24,25,26,31). The van der Waals surface area contributed by atoms with Crippen LogP contribution >= 0.6 is 11.6 Å². The monoisotopic (exact) mass is 440 g/mol. The van der Waals surface area contributed by atoms with E-state index in [0.29, 0.717) is 35.9 Å². The number of halogens is 1. The molecule has 1 aliphatic carbocycles. The Balaban J connectivity index is 1.38. The predicted molar refractivity (Wildman–Crippen MR) is 114 cm³/mol. The van der Waals surface area contributed by atoms with Crippen LogP contribution < -0.4 is 10.6 Å². The van der Waals surface area contributed by atoms with Crippen molar-refractivity contribution in [2.24, 2.45) is 0 Å². The van der Waals surface area contributed by atoms with E-state index in [9.17, 15) is 19.2 Å². The number of ketones is 2. The molecule has 31 heavy (non-hydrogen) atoms. The lowest BCUT2D eigenvalue weighted by Crippen LogP contribution is -2.44. The number of fused-ring (bicyclic) bond motifs is 1. The molecule has 1 aromatic carbocycles. The van der Waals surface area contributed by atoms with E-state index in [4.69, 9.17) is 11.6 Å². The largest absolute Gasteiger partial charge is 0.334 e. The fourth-order valence-electron chi connectivity index (χ4n) is 3.84. The molecule has 4 rings (SSSR count). The van der Waals surface area contributed by atoms with Crippen LogP contribution in [0.15, 0.2) is 30.3 Å². The van der Waals surface area contributed by atoms with Gasteiger partial charge in [0.15, 0.2) is 5.78 Å². The number of rotatable bonds is 4. The summed E-state index contributed by atoms with van der Waals surface area (Å²) in [6.45, 7) is 2.38. The molecule has 0 spiro atoms. The summed E-state index contributed by atoms with van der Waals surface area (Å²) in [6.07, 6.45) is 0.598. The molecule has 2 aromatic rings. The first-order valence-electron chi connectivity index (χ1n) is 9.97. The summed E-state index contributed by atoms with van der Waals surface area (Å²) in [6, 6.07) is 7.83. The van der Waals surface area contributed by atoms with Gasteiger partial charge in [-0.2, -0.15) is 0 Å². The number of urea groups is 1. The second-order valence-electron chi connectivity index (χ2n) is 7.77. The van der Waals surface area contributed by atoms with Crippen LogP contribution in [0, 0.1) is 6.92 Å². The number of anilines is 1. The Morgan fingerprint density at radius 2 is 2.03 bits per heavy atom. The number of nitrogens with one attached hydrogen (secondary N) is 2. The summed E-state index contributed by atoms with van der Waals surface area (Å²) in [5.74, 6) is -0.142. The summed E-state index contributed by atoms with van der Waals surface area (Å²) in [4.78, 5) is 54.4. The number of aryl methyl sites for hydroxylation is 1. The zero-order valence-electron chi connectivity index (χ0n) is 16.9. The van der Waals surface area contributed by atoms with Gasteiger partial charge >= 0.3 is 6.03 Å². The maximum absolute atomic E-state index is 12.9. The SMILES string of the molecule is Cc1ccc(NC(=O)NCc2ccc3c(c2)C(=O)N(C2CCC(=O)CC2=O)C3)nc1Cl. The van der Waals surface area contributed by atoms with Crippen molar-refractivity contribution in [3.05, 3.63) is 57.7 Å². The molecule has 1 fully saturated rings. The maximum Gasteiger partial charge on any atom is 0.320 e. The molecular formula is C22H21ClN4O4. The van der Waals surface area contributed by atoms with Gasteiger partial charge in [0, 0.05) is 25.1 Å². The molecule has 9 heteroatoms. The third kappa shape index (κ3) is 4.44. The van der Waals surface area contributed by atoms with E-state index < -0.39 is 12.1 Å². The zero-order valence-corrected chi connectivity index (χ0v) is 17.7. The van der Waals surface area contributed by atoms with Crippen molar-refractivity contribution in [3.8, 4) is 0 Å². The lowest BCUT2D eigenvalue weighted by atomic mass is 9.92. The Hall–Kier alpha value is -3.26. The van der Waals surface area contributed by atoms with Crippen molar-refractivity contribution in [1.82, 2.24) is 15.2 Å². The number of amides is 3. The van der Waals surface area contributed by atoms with Crippen LogP contribution in [-0.2, 0) is 22.7 Å². The van der Waals surface area contributed by atoms with E-state index in [0.717, 1.165) is 16.7 Å². The van der Waals surface area contributed by atoms with Gasteiger partial charge in [0.1, 0.15) is 16.8 Å². The van der Waals surface area contributed by atoms with E-state index in [2.05, 4.69) is 15.6 Å². The molecule has 8 nitrogen and oxygen atoms in total. The molecule has 0 radical (unpaired) electrons. The van der Waals surface area contributed by atoms with Crippen LogP contribution in [0.25, 0.3) is 0 Å². The highest BCUT2D eigenvalue weighted by atomic mass is 35.5. The number of hydrogen-bond acceptors (Lipinski definition) is 5. The maximum atomic E-state index is 12.9. The second-order valence-corrected chi connectivity index (χ2v) is 8.13. The van der Waals surface area contributed by atoms with Gasteiger partial charge < -0.3 is 10.2 Å².